The summed E-state index contributed by atoms with van der Waals surface area (Å²) in [6, 6.07) is 27.0. The van der Waals surface area contributed by atoms with Crippen LogP contribution in [0.2, 0.25) is 0 Å². The standard InChI is InChI=1S/C21H17BrN4/c22-14-17-11-12-19(18-9-5-2-6-10-18)20(13-17)21-23-24-25-26(21)15-16-7-3-1-4-8-16/h1-13H,14-15H2. The third kappa shape index (κ3) is 3.44. The van der Waals surface area contributed by atoms with Gasteiger partial charge in [0.15, 0.2) is 5.82 Å². The van der Waals surface area contributed by atoms with E-state index in [1.165, 1.54) is 11.1 Å². The maximum absolute atomic E-state index is 4.33. The lowest BCUT2D eigenvalue weighted by Crippen LogP contribution is -2.05. The molecule has 0 bridgehead atoms. The van der Waals surface area contributed by atoms with Gasteiger partial charge in [-0.1, -0.05) is 88.7 Å². The number of aromatic nitrogens is 4. The van der Waals surface area contributed by atoms with Crippen molar-refractivity contribution in [2.75, 3.05) is 0 Å². The molecule has 0 aliphatic heterocycles. The number of nitrogens with zero attached hydrogens (tertiary/aromatic N) is 4. The molecule has 0 saturated heterocycles. The molecule has 0 N–H and O–H groups in total. The molecule has 0 atom stereocenters. The second-order valence-electron chi connectivity index (χ2n) is 6.03. The fraction of sp³-hybridized carbons (Fsp3) is 0.0952. The minimum Gasteiger partial charge on any atom is -0.221 e. The van der Waals surface area contributed by atoms with Crippen molar-refractivity contribution in [1.82, 2.24) is 20.2 Å². The SMILES string of the molecule is BrCc1ccc(-c2ccccc2)c(-c2nnnn2Cc2ccccc2)c1. The molecule has 1 heterocycles. The first kappa shape index (κ1) is 16.7. The number of hydrogen-bond donors (Lipinski definition) is 0. The molecule has 26 heavy (non-hydrogen) atoms. The van der Waals surface area contributed by atoms with Crippen LogP contribution in [0, 0.1) is 0 Å². The topological polar surface area (TPSA) is 43.6 Å². The summed E-state index contributed by atoms with van der Waals surface area (Å²) in [4.78, 5) is 0. The lowest BCUT2D eigenvalue weighted by Gasteiger charge is -2.12. The summed E-state index contributed by atoms with van der Waals surface area (Å²) in [7, 11) is 0. The first-order chi connectivity index (χ1) is 12.8. The highest BCUT2D eigenvalue weighted by Crippen LogP contribution is 2.32. The number of tetrazole rings is 1. The Morgan fingerprint density at radius 1 is 0.769 bits per heavy atom. The van der Waals surface area contributed by atoms with E-state index in [4.69, 9.17) is 0 Å². The molecule has 4 rings (SSSR count). The molecule has 0 unspecified atom stereocenters. The molecule has 4 nitrogen and oxygen atoms in total. The van der Waals surface area contributed by atoms with E-state index in [2.05, 4.69) is 73.9 Å². The molecule has 0 spiro atoms. The van der Waals surface area contributed by atoms with Crippen LogP contribution in [0.5, 0.6) is 0 Å². The summed E-state index contributed by atoms with van der Waals surface area (Å²) in [6.07, 6.45) is 0. The van der Waals surface area contributed by atoms with Gasteiger partial charge in [-0.15, -0.1) is 5.10 Å². The van der Waals surface area contributed by atoms with E-state index in [1.807, 2.05) is 41.1 Å². The number of benzene rings is 3. The molecule has 1 aromatic heterocycles. The van der Waals surface area contributed by atoms with Gasteiger partial charge < -0.3 is 0 Å². The third-order valence-corrected chi connectivity index (χ3v) is 4.92. The van der Waals surface area contributed by atoms with Crippen LogP contribution in [-0.2, 0) is 11.9 Å². The quantitative estimate of drug-likeness (QED) is 0.442. The van der Waals surface area contributed by atoms with Crippen LogP contribution in [0.4, 0.5) is 0 Å². The zero-order chi connectivity index (χ0) is 17.8. The lowest BCUT2D eigenvalue weighted by molar-refractivity contribution is 0.653. The molecule has 128 valence electrons. The minimum absolute atomic E-state index is 0.635. The summed E-state index contributed by atoms with van der Waals surface area (Å²) in [5.41, 5.74) is 5.67. The van der Waals surface area contributed by atoms with Crippen LogP contribution < -0.4 is 0 Å². The Morgan fingerprint density at radius 3 is 2.23 bits per heavy atom. The van der Waals surface area contributed by atoms with Gasteiger partial charge >= 0.3 is 0 Å². The van der Waals surface area contributed by atoms with Crippen LogP contribution in [0.3, 0.4) is 0 Å². The average molecular weight is 405 g/mol. The predicted molar refractivity (Wildman–Crippen MR) is 107 cm³/mol. The van der Waals surface area contributed by atoms with Crippen LogP contribution in [0.15, 0.2) is 78.9 Å². The largest absolute Gasteiger partial charge is 0.221 e. The Hall–Kier alpha value is -2.79. The van der Waals surface area contributed by atoms with Crippen molar-refractivity contribution in [2.24, 2.45) is 0 Å². The monoisotopic (exact) mass is 404 g/mol. The molecule has 0 fully saturated rings. The van der Waals surface area contributed by atoms with Crippen molar-refractivity contribution < 1.29 is 0 Å². The summed E-state index contributed by atoms with van der Waals surface area (Å²) in [5.74, 6) is 0.774. The van der Waals surface area contributed by atoms with Crippen molar-refractivity contribution in [1.29, 1.82) is 0 Å². The fourth-order valence-corrected chi connectivity index (χ4v) is 3.34. The van der Waals surface area contributed by atoms with E-state index in [-0.39, 0.29) is 0 Å². The summed E-state index contributed by atoms with van der Waals surface area (Å²) < 4.78 is 1.86. The van der Waals surface area contributed by atoms with Crippen molar-refractivity contribution in [3.63, 3.8) is 0 Å². The fourth-order valence-electron chi connectivity index (χ4n) is 2.99. The van der Waals surface area contributed by atoms with Crippen molar-refractivity contribution in [3.8, 4) is 22.5 Å². The average Bonchev–Trinajstić information content (AvgIpc) is 3.17. The smallest absolute Gasteiger partial charge is 0.182 e. The Kier molecular flexibility index (Phi) is 4.88. The molecule has 3 aromatic carbocycles. The first-order valence-electron chi connectivity index (χ1n) is 8.40. The van der Waals surface area contributed by atoms with Crippen molar-refractivity contribution in [2.45, 2.75) is 11.9 Å². The first-order valence-corrected chi connectivity index (χ1v) is 9.52. The van der Waals surface area contributed by atoms with Crippen molar-refractivity contribution in [3.05, 3.63) is 90.0 Å². The molecule has 0 aliphatic carbocycles. The second kappa shape index (κ2) is 7.62. The van der Waals surface area contributed by atoms with Gasteiger partial charge in [-0.3, -0.25) is 0 Å². The third-order valence-electron chi connectivity index (χ3n) is 4.27. The maximum atomic E-state index is 4.33. The Labute approximate surface area is 160 Å². The van der Waals surface area contributed by atoms with E-state index < -0.39 is 0 Å². The molecule has 0 radical (unpaired) electrons. The molecule has 5 heteroatoms. The minimum atomic E-state index is 0.635. The molecular formula is C21H17BrN4. The van der Waals surface area contributed by atoms with Gasteiger partial charge in [0, 0.05) is 10.9 Å². The highest BCUT2D eigenvalue weighted by molar-refractivity contribution is 9.08. The van der Waals surface area contributed by atoms with E-state index in [0.717, 1.165) is 27.8 Å². The van der Waals surface area contributed by atoms with Gasteiger partial charge in [-0.05, 0) is 38.7 Å². The highest BCUT2D eigenvalue weighted by atomic mass is 79.9. The van der Waals surface area contributed by atoms with Gasteiger partial charge in [-0.25, -0.2) is 4.68 Å². The highest BCUT2D eigenvalue weighted by Gasteiger charge is 2.15. The summed E-state index contributed by atoms with van der Waals surface area (Å²) in [6.45, 7) is 0.635. The molecule has 0 saturated carbocycles. The maximum Gasteiger partial charge on any atom is 0.182 e. The zero-order valence-electron chi connectivity index (χ0n) is 14.1. The van der Waals surface area contributed by atoms with E-state index in [0.29, 0.717) is 6.54 Å². The van der Waals surface area contributed by atoms with Crippen LogP contribution >= 0.6 is 15.9 Å². The van der Waals surface area contributed by atoms with Gasteiger partial charge in [0.1, 0.15) is 0 Å². The molecule has 4 aromatic rings. The van der Waals surface area contributed by atoms with E-state index >= 15 is 0 Å². The van der Waals surface area contributed by atoms with Crippen LogP contribution in [0.25, 0.3) is 22.5 Å². The number of halogens is 1. The van der Waals surface area contributed by atoms with Gasteiger partial charge in [-0.2, -0.15) is 0 Å². The predicted octanol–water partition coefficient (Wildman–Crippen LogP) is 4.95. The van der Waals surface area contributed by atoms with Gasteiger partial charge in [0.25, 0.3) is 0 Å². The Balaban J connectivity index is 1.82. The van der Waals surface area contributed by atoms with Crippen LogP contribution in [-0.4, -0.2) is 20.2 Å². The zero-order valence-corrected chi connectivity index (χ0v) is 15.7. The second-order valence-corrected chi connectivity index (χ2v) is 6.59. The van der Waals surface area contributed by atoms with Crippen molar-refractivity contribution >= 4 is 15.9 Å². The van der Waals surface area contributed by atoms with Gasteiger partial charge in [0.05, 0.1) is 6.54 Å². The molecular weight excluding hydrogens is 388 g/mol. The Morgan fingerprint density at radius 2 is 1.50 bits per heavy atom. The number of hydrogen-bond acceptors (Lipinski definition) is 3. The number of rotatable bonds is 5. The molecule has 0 aliphatic rings. The van der Waals surface area contributed by atoms with Crippen LogP contribution in [0.1, 0.15) is 11.1 Å². The normalized spacial score (nSPS) is 10.8. The molecule has 0 amide bonds. The summed E-state index contributed by atoms with van der Waals surface area (Å²) in [5, 5.41) is 13.3. The number of alkyl halides is 1. The summed E-state index contributed by atoms with van der Waals surface area (Å²) >= 11 is 3.55. The Bertz CT molecular complexity index is 997. The van der Waals surface area contributed by atoms with E-state index in [1.54, 1.807) is 0 Å². The lowest BCUT2D eigenvalue weighted by atomic mass is 9.97. The van der Waals surface area contributed by atoms with E-state index in [9.17, 15) is 0 Å². The van der Waals surface area contributed by atoms with Gasteiger partial charge in [0.2, 0.25) is 0 Å².